The van der Waals surface area contributed by atoms with Crippen LogP contribution in [0.5, 0.6) is 23.0 Å². The number of rotatable bonds is 13. The van der Waals surface area contributed by atoms with Gasteiger partial charge in [0.25, 0.3) is 8.32 Å². The molecule has 38 heavy (non-hydrogen) atoms. The van der Waals surface area contributed by atoms with Crippen molar-refractivity contribution in [3.63, 3.8) is 0 Å². The number of hydrogen-bond acceptors (Lipinski definition) is 7. The van der Waals surface area contributed by atoms with Gasteiger partial charge in [-0.3, -0.25) is 0 Å². The van der Waals surface area contributed by atoms with E-state index in [0.717, 1.165) is 24.2 Å². The van der Waals surface area contributed by atoms with E-state index >= 15 is 0 Å². The average Bonchev–Trinajstić information content (AvgIpc) is 3.30. The molecule has 208 valence electrons. The van der Waals surface area contributed by atoms with E-state index in [4.69, 9.17) is 18.6 Å². The van der Waals surface area contributed by atoms with Crippen molar-refractivity contribution < 1.29 is 23.7 Å². The zero-order valence-corrected chi connectivity index (χ0v) is 25.1. The summed E-state index contributed by atoms with van der Waals surface area (Å²) >= 11 is 0. The number of aromatic nitrogens is 3. The highest BCUT2D eigenvalue weighted by atomic mass is 28.4. The van der Waals surface area contributed by atoms with Crippen LogP contribution in [0.2, 0.25) is 18.1 Å². The number of aryl methyl sites for hydroxylation is 1. The zero-order chi connectivity index (χ0) is 27.9. The molecule has 2 aromatic carbocycles. The number of nitrogens with zero attached hydrogens (tertiary/aromatic N) is 3. The summed E-state index contributed by atoms with van der Waals surface area (Å²) in [4.78, 5) is 0. The summed E-state index contributed by atoms with van der Waals surface area (Å²) in [6.45, 7) is 13.8. The maximum absolute atomic E-state index is 10.7. The lowest BCUT2D eigenvalue weighted by atomic mass is 10.1. The smallest absolute Gasteiger partial charge is 0.250 e. The standard InChI is InChI=1S/C29H43N3O5Si/c1-9-10-21-11-13-25(27(16-21)34-5)36-20-23-18-32(31-30-23)19-24(33)15-22-12-14-26(28(17-22)35-6)37-38(7,8)29(2,3)4/h11-14,16-18,24,33H,9-10,15,19-20H2,1-8H3/t24-/m0/s1. The van der Waals surface area contributed by atoms with E-state index in [1.165, 1.54) is 5.56 Å². The van der Waals surface area contributed by atoms with Gasteiger partial charge in [0.15, 0.2) is 17.2 Å². The summed E-state index contributed by atoms with van der Waals surface area (Å²) in [5, 5.41) is 19.2. The fourth-order valence-electron chi connectivity index (χ4n) is 3.82. The fraction of sp³-hybridized carbons (Fsp3) is 0.517. The van der Waals surface area contributed by atoms with Gasteiger partial charge in [-0.05, 0) is 59.9 Å². The van der Waals surface area contributed by atoms with Crippen LogP contribution >= 0.6 is 0 Å². The molecule has 0 saturated heterocycles. The van der Waals surface area contributed by atoms with Gasteiger partial charge in [0.2, 0.25) is 0 Å². The third-order valence-corrected chi connectivity index (χ3v) is 11.3. The topological polar surface area (TPSA) is 87.9 Å². The number of benzene rings is 2. The first kappa shape index (κ1) is 29.5. The van der Waals surface area contributed by atoms with E-state index in [-0.39, 0.29) is 11.6 Å². The lowest BCUT2D eigenvalue weighted by Gasteiger charge is -2.36. The predicted octanol–water partition coefficient (Wildman–Crippen LogP) is 5.81. The first-order chi connectivity index (χ1) is 18.0. The second-order valence-electron chi connectivity index (χ2n) is 11.2. The minimum Gasteiger partial charge on any atom is -0.541 e. The predicted molar refractivity (Wildman–Crippen MR) is 152 cm³/mol. The molecule has 8 nitrogen and oxygen atoms in total. The van der Waals surface area contributed by atoms with Crippen LogP contribution in [0.4, 0.5) is 0 Å². The Kier molecular flexibility index (Phi) is 9.84. The summed E-state index contributed by atoms with van der Waals surface area (Å²) in [6, 6.07) is 11.8. The Hall–Kier alpha value is -3.04. The van der Waals surface area contributed by atoms with Gasteiger partial charge < -0.3 is 23.7 Å². The molecule has 1 N–H and O–H groups in total. The van der Waals surface area contributed by atoms with Crippen LogP contribution in [-0.2, 0) is 26.0 Å². The molecule has 0 bridgehead atoms. The first-order valence-electron chi connectivity index (χ1n) is 13.2. The third kappa shape index (κ3) is 7.74. The van der Waals surface area contributed by atoms with Crippen LogP contribution in [0.1, 0.15) is 50.9 Å². The van der Waals surface area contributed by atoms with Crippen molar-refractivity contribution in [1.29, 1.82) is 0 Å². The summed E-state index contributed by atoms with van der Waals surface area (Å²) in [5.41, 5.74) is 2.84. The average molecular weight is 542 g/mol. The molecule has 1 aromatic heterocycles. The van der Waals surface area contributed by atoms with E-state index in [1.807, 2.05) is 30.3 Å². The lowest BCUT2D eigenvalue weighted by Crippen LogP contribution is -2.43. The van der Waals surface area contributed by atoms with Gasteiger partial charge >= 0.3 is 0 Å². The quantitative estimate of drug-likeness (QED) is 0.273. The lowest BCUT2D eigenvalue weighted by molar-refractivity contribution is 0.148. The van der Waals surface area contributed by atoms with Gasteiger partial charge in [-0.25, -0.2) is 4.68 Å². The molecule has 9 heteroatoms. The molecule has 0 aliphatic rings. The molecule has 0 unspecified atom stereocenters. The Labute approximate surface area is 228 Å². The third-order valence-electron chi connectivity index (χ3n) is 7.00. The summed E-state index contributed by atoms with van der Waals surface area (Å²) in [5.74, 6) is 2.79. The summed E-state index contributed by atoms with van der Waals surface area (Å²) in [6.07, 6.45) is 3.66. The second-order valence-corrected chi connectivity index (χ2v) is 15.9. The fourth-order valence-corrected chi connectivity index (χ4v) is 4.85. The molecule has 0 radical (unpaired) electrons. The van der Waals surface area contributed by atoms with Crippen molar-refractivity contribution >= 4 is 8.32 Å². The highest BCUT2D eigenvalue weighted by Gasteiger charge is 2.39. The number of aliphatic hydroxyl groups excluding tert-OH is 1. The molecule has 3 aromatic rings. The van der Waals surface area contributed by atoms with E-state index in [9.17, 15) is 5.11 Å². The maximum atomic E-state index is 10.7. The van der Waals surface area contributed by atoms with Gasteiger partial charge in [-0.2, -0.15) is 0 Å². The summed E-state index contributed by atoms with van der Waals surface area (Å²) < 4.78 is 25.1. The zero-order valence-electron chi connectivity index (χ0n) is 24.1. The Morgan fingerprint density at radius 2 is 1.58 bits per heavy atom. The van der Waals surface area contributed by atoms with Crippen LogP contribution in [0.25, 0.3) is 0 Å². The first-order valence-corrected chi connectivity index (χ1v) is 16.1. The maximum Gasteiger partial charge on any atom is 0.250 e. The molecule has 0 fully saturated rings. The molecule has 3 rings (SSSR count). The van der Waals surface area contributed by atoms with Gasteiger partial charge in [-0.15, -0.1) is 5.10 Å². The molecule has 1 heterocycles. The van der Waals surface area contributed by atoms with Crippen molar-refractivity contribution in [2.45, 2.75) is 84.3 Å². The van der Waals surface area contributed by atoms with Crippen LogP contribution in [0.15, 0.2) is 42.6 Å². The van der Waals surface area contributed by atoms with Crippen LogP contribution in [0.3, 0.4) is 0 Å². The molecule has 1 atom stereocenters. The SMILES string of the molecule is CCCc1ccc(OCc2cn(C[C@@H](O)Cc3ccc(O[Si](C)(C)C(C)(C)C)c(OC)c3)nn2)c(OC)c1. The number of hydrogen-bond donors (Lipinski definition) is 1. The molecule has 0 aliphatic heterocycles. The van der Waals surface area contributed by atoms with E-state index in [2.05, 4.69) is 57.2 Å². The van der Waals surface area contributed by atoms with Gasteiger partial charge in [-0.1, -0.05) is 51.5 Å². The highest BCUT2D eigenvalue weighted by molar-refractivity contribution is 6.74. The molecule has 0 spiro atoms. The number of methoxy groups -OCH3 is 2. The Balaban J connectivity index is 1.58. The van der Waals surface area contributed by atoms with E-state index in [1.54, 1.807) is 25.1 Å². The van der Waals surface area contributed by atoms with Gasteiger partial charge in [0.05, 0.1) is 33.1 Å². The van der Waals surface area contributed by atoms with E-state index < -0.39 is 14.4 Å². The summed E-state index contributed by atoms with van der Waals surface area (Å²) in [7, 11) is 1.28. The minimum absolute atomic E-state index is 0.0832. The monoisotopic (exact) mass is 541 g/mol. The number of aliphatic hydroxyl groups is 1. The van der Waals surface area contributed by atoms with Crippen molar-refractivity contribution in [2.24, 2.45) is 0 Å². The van der Waals surface area contributed by atoms with Gasteiger partial charge in [0, 0.05) is 6.42 Å². The van der Waals surface area contributed by atoms with Crippen molar-refractivity contribution in [3.05, 3.63) is 59.4 Å². The largest absolute Gasteiger partial charge is 0.541 e. The molecule has 0 aliphatic carbocycles. The molecule has 0 saturated carbocycles. The second kappa shape index (κ2) is 12.7. The molecular weight excluding hydrogens is 498 g/mol. The highest BCUT2D eigenvalue weighted by Crippen LogP contribution is 2.40. The Bertz CT molecular complexity index is 1190. The normalized spacial score (nSPS) is 12.8. The van der Waals surface area contributed by atoms with Crippen molar-refractivity contribution in [2.75, 3.05) is 14.2 Å². The Morgan fingerprint density at radius 1 is 0.947 bits per heavy atom. The number of ether oxygens (including phenoxy) is 3. The molecular formula is C29H43N3O5Si. The minimum atomic E-state index is -2.00. The van der Waals surface area contributed by atoms with Crippen molar-refractivity contribution in [1.82, 2.24) is 15.0 Å². The molecule has 0 amide bonds. The van der Waals surface area contributed by atoms with Gasteiger partial charge in [0.1, 0.15) is 18.1 Å². The van der Waals surface area contributed by atoms with Crippen LogP contribution in [-0.4, -0.2) is 48.7 Å². The van der Waals surface area contributed by atoms with E-state index in [0.29, 0.717) is 35.9 Å². The Morgan fingerprint density at radius 3 is 2.24 bits per heavy atom. The van der Waals surface area contributed by atoms with Crippen molar-refractivity contribution in [3.8, 4) is 23.0 Å². The van der Waals surface area contributed by atoms with Crippen LogP contribution < -0.4 is 18.6 Å². The van der Waals surface area contributed by atoms with Crippen LogP contribution in [0, 0.1) is 0 Å².